The first-order chi connectivity index (χ1) is 9.22. The van der Waals surface area contributed by atoms with E-state index in [4.69, 9.17) is 0 Å². The molecule has 2 nitrogen and oxygen atoms in total. The lowest BCUT2D eigenvalue weighted by molar-refractivity contribution is 0.485. The first kappa shape index (κ1) is 19.1. The maximum Gasteiger partial charge on any atom is 0.0215 e. The first-order valence-corrected chi connectivity index (χ1v) is 9.44. The van der Waals surface area contributed by atoms with Crippen molar-refractivity contribution < 1.29 is 8.76 Å². The predicted octanol–water partition coefficient (Wildman–Crippen LogP) is 5.35. The topological polar surface area (TPSA) is 40.1 Å². The molecule has 0 saturated carbocycles. The summed E-state index contributed by atoms with van der Waals surface area (Å²) in [4.78, 5) is 0. The normalized spacial score (nSPS) is 14.5. The highest BCUT2D eigenvalue weighted by molar-refractivity contribution is 7.79. The fourth-order valence-corrected chi connectivity index (χ4v) is 3.18. The maximum atomic E-state index is 11.2. The SMILES string of the molecule is CCCCCCCCC(CCCCCCC)S(=O)[O-]. The lowest BCUT2D eigenvalue weighted by atomic mass is 10.0. The molecule has 19 heavy (non-hydrogen) atoms. The molecule has 0 N–H and O–H groups in total. The summed E-state index contributed by atoms with van der Waals surface area (Å²) in [5.74, 6) is 0. The van der Waals surface area contributed by atoms with E-state index in [0.29, 0.717) is 0 Å². The highest BCUT2D eigenvalue weighted by Crippen LogP contribution is 2.17. The molecule has 0 radical (unpaired) electrons. The molecule has 0 fully saturated rings. The zero-order valence-electron chi connectivity index (χ0n) is 13.0. The lowest BCUT2D eigenvalue weighted by Gasteiger charge is -2.19. The fraction of sp³-hybridized carbons (Fsp3) is 1.00. The summed E-state index contributed by atoms with van der Waals surface area (Å²) < 4.78 is 22.4. The molecule has 0 aliphatic carbocycles. The van der Waals surface area contributed by atoms with Gasteiger partial charge in [0.1, 0.15) is 0 Å². The summed E-state index contributed by atoms with van der Waals surface area (Å²) in [5, 5.41) is -0.0900. The molecule has 0 spiro atoms. The second-order valence-electron chi connectivity index (χ2n) is 5.64. The van der Waals surface area contributed by atoms with E-state index in [1.807, 2.05) is 0 Å². The number of hydrogen-bond donors (Lipinski definition) is 0. The van der Waals surface area contributed by atoms with Crippen LogP contribution in [0.15, 0.2) is 0 Å². The van der Waals surface area contributed by atoms with Gasteiger partial charge in [-0.3, -0.25) is 4.21 Å². The van der Waals surface area contributed by atoms with Gasteiger partial charge in [0.05, 0.1) is 0 Å². The molecule has 0 aromatic rings. The van der Waals surface area contributed by atoms with E-state index in [1.54, 1.807) is 0 Å². The quantitative estimate of drug-likeness (QED) is 0.319. The second kappa shape index (κ2) is 14.5. The Morgan fingerprint density at radius 1 is 0.737 bits per heavy atom. The average molecular weight is 290 g/mol. The monoisotopic (exact) mass is 289 g/mol. The van der Waals surface area contributed by atoms with Crippen LogP contribution >= 0.6 is 0 Å². The summed E-state index contributed by atoms with van der Waals surface area (Å²) >= 11 is -1.87. The van der Waals surface area contributed by atoms with Crippen molar-refractivity contribution in [2.45, 2.75) is 103 Å². The van der Waals surface area contributed by atoms with Gasteiger partial charge in [-0.25, -0.2) is 0 Å². The summed E-state index contributed by atoms with van der Waals surface area (Å²) in [5.41, 5.74) is 0. The molecular weight excluding hydrogens is 256 g/mol. The Kier molecular flexibility index (Phi) is 14.6. The smallest absolute Gasteiger partial charge is 0.0215 e. The molecular formula is C16H33O2S-. The molecule has 0 heterocycles. The van der Waals surface area contributed by atoms with Gasteiger partial charge in [-0.15, -0.1) is 0 Å². The standard InChI is InChI=1S/C16H34O2S/c1-3-5-7-9-11-13-15-16(19(17)18)14-12-10-8-6-4-2/h16H,3-15H2,1-2H3,(H,17,18)/p-1. The molecule has 0 aliphatic rings. The summed E-state index contributed by atoms with van der Waals surface area (Å²) in [6.07, 6.45) is 15.2. The first-order valence-electron chi connectivity index (χ1n) is 8.30. The number of rotatable bonds is 14. The van der Waals surface area contributed by atoms with E-state index in [-0.39, 0.29) is 5.25 Å². The van der Waals surface area contributed by atoms with Crippen molar-refractivity contribution in [2.75, 3.05) is 0 Å². The van der Waals surface area contributed by atoms with Gasteiger partial charge in [0.15, 0.2) is 0 Å². The number of hydrogen-bond acceptors (Lipinski definition) is 2. The van der Waals surface area contributed by atoms with Gasteiger partial charge in [0.25, 0.3) is 0 Å². The Hall–Kier alpha value is 0.110. The van der Waals surface area contributed by atoms with Crippen molar-refractivity contribution in [3.8, 4) is 0 Å². The van der Waals surface area contributed by atoms with Crippen molar-refractivity contribution in [2.24, 2.45) is 0 Å². The van der Waals surface area contributed by atoms with E-state index in [0.717, 1.165) is 25.7 Å². The highest BCUT2D eigenvalue weighted by atomic mass is 32.2. The van der Waals surface area contributed by atoms with Gasteiger partial charge in [-0.2, -0.15) is 0 Å². The molecule has 0 aromatic heterocycles. The van der Waals surface area contributed by atoms with Crippen molar-refractivity contribution in [1.82, 2.24) is 0 Å². The van der Waals surface area contributed by atoms with Gasteiger partial charge in [0, 0.05) is 5.25 Å². The van der Waals surface area contributed by atoms with Gasteiger partial charge in [-0.05, 0) is 12.8 Å². The maximum absolute atomic E-state index is 11.2. The molecule has 0 aromatic carbocycles. The van der Waals surface area contributed by atoms with E-state index in [9.17, 15) is 8.76 Å². The third kappa shape index (κ3) is 12.9. The van der Waals surface area contributed by atoms with Gasteiger partial charge < -0.3 is 4.55 Å². The lowest BCUT2D eigenvalue weighted by Crippen LogP contribution is -2.14. The zero-order chi connectivity index (χ0) is 14.3. The third-order valence-corrected chi connectivity index (χ3v) is 4.80. The fourth-order valence-electron chi connectivity index (χ4n) is 2.46. The average Bonchev–Trinajstić information content (AvgIpc) is 2.39. The highest BCUT2D eigenvalue weighted by Gasteiger charge is 2.08. The Morgan fingerprint density at radius 2 is 1.11 bits per heavy atom. The Bertz CT molecular complexity index is 207. The van der Waals surface area contributed by atoms with Crippen LogP contribution in [0.3, 0.4) is 0 Å². The van der Waals surface area contributed by atoms with Crippen LogP contribution in [0, 0.1) is 0 Å². The molecule has 0 aliphatic heterocycles. The zero-order valence-corrected chi connectivity index (χ0v) is 13.8. The predicted molar refractivity (Wildman–Crippen MR) is 84.1 cm³/mol. The second-order valence-corrected chi connectivity index (χ2v) is 6.83. The number of unbranched alkanes of at least 4 members (excludes halogenated alkanes) is 9. The largest absolute Gasteiger partial charge is 0.772 e. The summed E-state index contributed by atoms with van der Waals surface area (Å²) in [6.45, 7) is 4.42. The van der Waals surface area contributed by atoms with E-state index >= 15 is 0 Å². The third-order valence-electron chi connectivity index (χ3n) is 3.78. The molecule has 0 bridgehead atoms. The van der Waals surface area contributed by atoms with E-state index in [1.165, 1.54) is 57.8 Å². The Labute approximate surface area is 123 Å². The van der Waals surface area contributed by atoms with Crippen molar-refractivity contribution in [1.29, 1.82) is 0 Å². The summed E-state index contributed by atoms with van der Waals surface area (Å²) in [6, 6.07) is 0. The van der Waals surface area contributed by atoms with Crippen LogP contribution in [-0.2, 0) is 11.1 Å². The van der Waals surface area contributed by atoms with Gasteiger partial charge in [-0.1, -0.05) is 95.6 Å². The van der Waals surface area contributed by atoms with Gasteiger partial charge >= 0.3 is 0 Å². The molecule has 2 atom stereocenters. The minimum Gasteiger partial charge on any atom is -0.772 e. The van der Waals surface area contributed by atoms with Crippen LogP contribution in [0.1, 0.15) is 97.3 Å². The van der Waals surface area contributed by atoms with Gasteiger partial charge in [0.2, 0.25) is 0 Å². The van der Waals surface area contributed by atoms with Crippen molar-refractivity contribution >= 4 is 11.1 Å². The van der Waals surface area contributed by atoms with Crippen LogP contribution in [-0.4, -0.2) is 14.0 Å². The van der Waals surface area contributed by atoms with Crippen LogP contribution in [0.2, 0.25) is 0 Å². The summed E-state index contributed by atoms with van der Waals surface area (Å²) in [7, 11) is 0. The Morgan fingerprint density at radius 3 is 1.47 bits per heavy atom. The van der Waals surface area contributed by atoms with Crippen molar-refractivity contribution in [3.05, 3.63) is 0 Å². The van der Waals surface area contributed by atoms with Crippen molar-refractivity contribution in [3.63, 3.8) is 0 Å². The molecule has 0 amide bonds. The molecule has 0 saturated heterocycles. The Balaban J connectivity index is 3.54. The van der Waals surface area contributed by atoms with E-state index in [2.05, 4.69) is 13.8 Å². The van der Waals surface area contributed by atoms with E-state index < -0.39 is 11.1 Å². The van der Waals surface area contributed by atoms with Crippen LogP contribution in [0.4, 0.5) is 0 Å². The molecule has 2 unspecified atom stereocenters. The van der Waals surface area contributed by atoms with Crippen LogP contribution in [0.5, 0.6) is 0 Å². The van der Waals surface area contributed by atoms with Crippen LogP contribution < -0.4 is 0 Å². The minimum atomic E-state index is -1.87. The molecule has 116 valence electrons. The minimum absolute atomic E-state index is 0.0900. The molecule has 0 rings (SSSR count). The van der Waals surface area contributed by atoms with Crippen LogP contribution in [0.25, 0.3) is 0 Å². The molecule has 3 heteroatoms.